The van der Waals surface area contributed by atoms with Gasteiger partial charge in [0.1, 0.15) is 0 Å². The average molecular weight is 571 g/mol. The first-order chi connectivity index (χ1) is 12.8. The molecule has 0 atom stereocenters. The first-order valence-corrected chi connectivity index (χ1v) is 8.71. The van der Waals surface area contributed by atoms with Crippen molar-refractivity contribution in [3.05, 3.63) is 63.9 Å². The number of hydrogen-bond acceptors (Lipinski definition) is 2. The van der Waals surface area contributed by atoms with E-state index in [9.17, 15) is 18.0 Å². The minimum Gasteiger partial charge on any atom is -0.347 e. The van der Waals surface area contributed by atoms with Crippen molar-refractivity contribution in [2.24, 2.45) is 4.99 Å². The summed E-state index contributed by atoms with van der Waals surface area (Å²) in [4.78, 5) is 17.9. The predicted octanol–water partition coefficient (Wildman–Crippen LogP) is 4.13. The number of rotatable bonds is 5. The molecule has 0 aliphatic rings. The van der Waals surface area contributed by atoms with E-state index in [1.165, 1.54) is 0 Å². The van der Waals surface area contributed by atoms with Crippen LogP contribution in [0, 0.1) is 17.5 Å². The molecular formula is C18H19BrF3IN4O. The van der Waals surface area contributed by atoms with Gasteiger partial charge in [-0.05, 0) is 23.8 Å². The molecule has 0 fully saturated rings. The lowest BCUT2D eigenvalue weighted by Crippen LogP contribution is -2.42. The maximum Gasteiger partial charge on any atom is 0.243 e. The van der Waals surface area contributed by atoms with Gasteiger partial charge in [0.25, 0.3) is 0 Å². The van der Waals surface area contributed by atoms with Crippen LogP contribution in [-0.4, -0.2) is 37.4 Å². The Morgan fingerprint density at radius 2 is 1.82 bits per heavy atom. The van der Waals surface area contributed by atoms with Crippen LogP contribution in [0.1, 0.15) is 5.56 Å². The zero-order chi connectivity index (χ0) is 20.0. The van der Waals surface area contributed by atoms with E-state index in [4.69, 9.17) is 0 Å². The lowest BCUT2D eigenvalue weighted by Gasteiger charge is -2.22. The molecule has 28 heavy (non-hydrogen) atoms. The van der Waals surface area contributed by atoms with Crippen LogP contribution in [0.2, 0.25) is 0 Å². The van der Waals surface area contributed by atoms with Gasteiger partial charge in [0.15, 0.2) is 23.4 Å². The standard InChI is InChI=1S/C18H18BrF3N4O.HI/c1-23-18(26(2)10-11-5-3-4-6-12(11)19)24-9-15(27)25-14-8-7-13(20)16(21)17(14)22;/h3-8H,9-10H2,1-2H3,(H,23,24)(H,25,27);1H. The smallest absolute Gasteiger partial charge is 0.243 e. The maximum atomic E-state index is 13.6. The Balaban J connectivity index is 0.00000392. The minimum absolute atomic E-state index is 0. The quantitative estimate of drug-likeness (QED) is 0.246. The number of amides is 1. The topological polar surface area (TPSA) is 56.7 Å². The fraction of sp³-hybridized carbons (Fsp3) is 0.222. The number of benzene rings is 2. The molecule has 0 unspecified atom stereocenters. The number of nitrogens with zero attached hydrogens (tertiary/aromatic N) is 2. The number of halogens is 5. The summed E-state index contributed by atoms with van der Waals surface area (Å²) in [6.45, 7) is 0.298. The van der Waals surface area contributed by atoms with Crippen molar-refractivity contribution in [2.75, 3.05) is 26.0 Å². The van der Waals surface area contributed by atoms with Gasteiger partial charge in [0.2, 0.25) is 5.91 Å². The van der Waals surface area contributed by atoms with Crippen molar-refractivity contribution < 1.29 is 18.0 Å². The van der Waals surface area contributed by atoms with Gasteiger partial charge in [-0.3, -0.25) is 9.79 Å². The molecule has 0 aliphatic heterocycles. The Bertz CT molecular complexity index is 867. The van der Waals surface area contributed by atoms with Crippen LogP contribution in [-0.2, 0) is 11.3 Å². The second kappa shape index (κ2) is 11.2. The molecule has 2 aromatic carbocycles. The summed E-state index contributed by atoms with van der Waals surface area (Å²) in [6, 6.07) is 9.39. The highest BCUT2D eigenvalue weighted by Crippen LogP contribution is 2.19. The van der Waals surface area contributed by atoms with E-state index in [0.29, 0.717) is 12.5 Å². The number of anilines is 1. The fourth-order valence-electron chi connectivity index (χ4n) is 2.32. The molecular weight excluding hydrogens is 552 g/mol. The predicted molar refractivity (Wildman–Crippen MR) is 117 cm³/mol. The van der Waals surface area contributed by atoms with Crippen LogP contribution in [0.4, 0.5) is 18.9 Å². The molecule has 0 radical (unpaired) electrons. The second-order valence-electron chi connectivity index (χ2n) is 5.62. The number of guanidine groups is 1. The summed E-state index contributed by atoms with van der Waals surface area (Å²) in [5.41, 5.74) is 0.591. The van der Waals surface area contributed by atoms with Crippen LogP contribution in [0.3, 0.4) is 0 Å². The van der Waals surface area contributed by atoms with Gasteiger partial charge >= 0.3 is 0 Å². The van der Waals surface area contributed by atoms with Crippen molar-refractivity contribution in [3.63, 3.8) is 0 Å². The molecule has 152 valence electrons. The van der Waals surface area contributed by atoms with Crippen molar-refractivity contribution in [3.8, 4) is 0 Å². The summed E-state index contributed by atoms with van der Waals surface area (Å²) in [5, 5.41) is 5.02. The van der Waals surface area contributed by atoms with E-state index in [-0.39, 0.29) is 30.5 Å². The zero-order valence-corrected chi connectivity index (χ0v) is 19.0. The third kappa shape index (κ3) is 6.36. The van der Waals surface area contributed by atoms with E-state index >= 15 is 0 Å². The lowest BCUT2D eigenvalue weighted by molar-refractivity contribution is -0.115. The van der Waals surface area contributed by atoms with Crippen LogP contribution < -0.4 is 10.6 Å². The summed E-state index contributed by atoms with van der Waals surface area (Å²) in [5.74, 6) is -4.59. The minimum atomic E-state index is -1.63. The molecule has 5 nitrogen and oxygen atoms in total. The first kappa shape index (κ1) is 24.2. The highest BCUT2D eigenvalue weighted by atomic mass is 127. The normalized spacial score (nSPS) is 10.9. The molecule has 2 N–H and O–H groups in total. The summed E-state index contributed by atoms with van der Waals surface area (Å²) < 4.78 is 40.7. The zero-order valence-electron chi connectivity index (χ0n) is 15.1. The van der Waals surface area contributed by atoms with Gasteiger partial charge in [-0.25, -0.2) is 13.2 Å². The first-order valence-electron chi connectivity index (χ1n) is 7.92. The highest BCUT2D eigenvalue weighted by Gasteiger charge is 2.16. The van der Waals surface area contributed by atoms with Gasteiger partial charge in [0.05, 0.1) is 12.2 Å². The lowest BCUT2D eigenvalue weighted by atomic mass is 10.2. The Kier molecular flexibility index (Phi) is 9.73. The van der Waals surface area contributed by atoms with Gasteiger partial charge in [-0.1, -0.05) is 34.1 Å². The van der Waals surface area contributed by atoms with E-state index in [1.807, 2.05) is 24.3 Å². The molecule has 0 heterocycles. The number of carbonyl (C=O) groups is 1. The molecule has 0 spiro atoms. The third-order valence-corrected chi connectivity index (χ3v) is 4.43. The Morgan fingerprint density at radius 1 is 1.14 bits per heavy atom. The number of nitrogens with one attached hydrogen (secondary N) is 2. The van der Waals surface area contributed by atoms with E-state index in [0.717, 1.165) is 22.2 Å². The van der Waals surface area contributed by atoms with Crippen molar-refractivity contribution >= 4 is 57.5 Å². The Labute approximate surface area is 186 Å². The molecule has 0 aliphatic carbocycles. The summed E-state index contributed by atoms with van der Waals surface area (Å²) in [6.07, 6.45) is 0. The average Bonchev–Trinajstić information content (AvgIpc) is 2.64. The SMILES string of the molecule is CN=C(NCC(=O)Nc1ccc(F)c(F)c1F)N(C)Cc1ccccc1Br.I. The second-order valence-corrected chi connectivity index (χ2v) is 6.47. The van der Waals surface area contributed by atoms with E-state index in [2.05, 4.69) is 31.6 Å². The monoisotopic (exact) mass is 570 g/mol. The van der Waals surface area contributed by atoms with Crippen molar-refractivity contribution in [1.29, 1.82) is 0 Å². The number of hydrogen-bond donors (Lipinski definition) is 2. The third-order valence-electron chi connectivity index (χ3n) is 3.66. The Morgan fingerprint density at radius 3 is 2.46 bits per heavy atom. The summed E-state index contributed by atoms with van der Waals surface area (Å²) >= 11 is 3.47. The molecule has 10 heteroatoms. The van der Waals surface area contributed by atoms with Gasteiger partial charge in [0, 0.05) is 25.1 Å². The molecule has 2 aromatic rings. The van der Waals surface area contributed by atoms with Gasteiger partial charge in [-0.2, -0.15) is 0 Å². The van der Waals surface area contributed by atoms with Gasteiger partial charge < -0.3 is 15.5 Å². The molecule has 0 saturated carbocycles. The van der Waals surface area contributed by atoms with Gasteiger partial charge in [-0.15, -0.1) is 24.0 Å². The van der Waals surface area contributed by atoms with Crippen molar-refractivity contribution in [2.45, 2.75) is 6.54 Å². The van der Waals surface area contributed by atoms with Crippen LogP contribution in [0.5, 0.6) is 0 Å². The molecule has 0 aromatic heterocycles. The molecule has 2 rings (SSSR count). The van der Waals surface area contributed by atoms with Crippen LogP contribution >= 0.6 is 39.9 Å². The molecule has 0 saturated heterocycles. The van der Waals surface area contributed by atoms with Crippen molar-refractivity contribution in [1.82, 2.24) is 10.2 Å². The van der Waals surface area contributed by atoms with E-state index < -0.39 is 29.0 Å². The largest absolute Gasteiger partial charge is 0.347 e. The number of aliphatic imine (C=N–C) groups is 1. The summed E-state index contributed by atoms with van der Waals surface area (Å²) in [7, 11) is 3.35. The van der Waals surface area contributed by atoms with Crippen LogP contribution in [0.25, 0.3) is 0 Å². The fourth-order valence-corrected chi connectivity index (χ4v) is 2.73. The highest BCUT2D eigenvalue weighted by molar-refractivity contribution is 14.0. The number of carbonyl (C=O) groups excluding carboxylic acids is 1. The van der Waals surface area contributed by atoms with Crippen LogP contribution in [0.15, 0.2) is 45.9 Å². The molecule has 1 amide bonds. The maximum absolute atomic E-state index is 13.6. The van der Waals surface area contributed by atoms with E-state index in [1.54, 1.807) is 19.0 Å². The Hall–Kier alpha value is -1.82. The molecule has 0 bridgehead atoms.